The Morgan fingerprint density at radius 1 is 1.38 bits per heavy atom. The van der Waals surface area contributed by atoms with Crippen LogP contribution in [0.25, 0.3) is 5.57 Å². The number of ketones is 1. The Kier molecular flexibility index (Phi) is 5.22. The Morgan fingerprint density at radius 3 is 2.69 bits per heavy atom. The van der Waals surface area contributed by atoms with E-state index in [1.165, 1.54) is 0 Å². The highest BCUT2D eigenvalue weighted by Gasteiger charge is 2.53. The zero-order valence-electron chi connectivity index (χ0n) is 15.3. The van der Waals surface area contributed by atoms with Gasteiger partial charge in [-0.2, -0.15) is 0 Å². The average molecular weight is 395 g/mol. The van der Waals surface area contributed by atoms with Crippen molar-refractivity contribution in [2.45, 2.75) is 44.6 Å². The second-order valence-corrected chi connectivity index (χ2v) is 8.30. The number of allylic oxidation sites excluding steroid dienone is 1. The highest BCUT2D eigenvalue weighted by atomic mass is 35.5. The summed E-state index contributed by atoms with van der Waals surface area (Å²) < 4.78 is 0. The van der Waals surface area contributed by atoms with E-state index in [1.807, 2.05) is 20.2 Å². The molecule has 0 radical (unpaired) electrons. The molecule has 0 aromatic heterocycles. The smallest absolute Gasteiger partial charge is 0.184 e. The van der Waals surface area contributed by atoms with E-state index in [0.717, 1.165) is 29.5 Å². The van der Waals surface area contributed by atoms with Gasteiger partial charge in [-0.25, -0.2) is 0 Å². The van der Waals surface area contributed by atoms with Crippen molar-refractivity contribution in [1.82, 2.24) is 4.90 Å². The minimum atomic E-state index is -1.01. The molecule has 2 aliphatic rings. The molecule has 0 amide bonds. The molecule has 3 atom stereocenters. The lowest BCUT2D eigenvalue weighted by molar-refractivity contribution is -0.124. The molecule has 0 saturated heterocycles. The molecule has 2 aliphatic carbocycles. The van der Waals surface area contributed by atoms with Crippen LogP contribution < -0.4 is 0 Å². The van der Waals surface area contributed by atoms with Crippen molar-refractivity contribution in [3.63, 3.8) is 0 Å². The molecule has 0 bridgehead atoms. The van der Waals surface area contributed by atoms with E-state index in [0.29, 0.717) is 28.7 Å². The van der Waals surface area contributed by atoms with Crippen LogP contribution in [-0.4, -0.2) is 41.8 Å². The van der Waals surface area contributed by atoms with Crippen LogP contribution in [-0.2, 0) is 4.79 Å². The van der Waals surface area contributed by atoms with Crippen molar-refractivity contribution < 1.29 is 9.90 Å². The number of carbonyl (C=O) groups excluding carboxylic acids is 1. The highest BCUT2D eigenvalue weighted by molar-refractivity contribution is 6.43. The molecular weight excluding hydrogens is 371 g/mol. The van der Waals surface area contributed by atoms with E-state index < -0.39 is 11.5 Å². The van der Waals surface area contributed by atoms with Gasteiger partial charge in [-0.3, -0.25) is 10.2 Å². The summed E-state index contributed by atoms with van der Waals surface area (Å²) >= 11 is 12.8. The number of carbonyl (C=O) groups is 1. The molecular formula is C20H24Cl2N2O2. The fraction of sp³-hybridized carbons (Fsp3) is 0.500. The van der Waals surface area contributed by atoms with Crippen molar-refractivity contribution in [2.24, 2.45) is 5.41 Å². The fourth-order valence-corrected chi connectivity index (χ4v) is 4.99. The van der Waals surface area contributed by atoms with Crippen LogP contribution in [0.15, 0.2) is 18.2 Å². The normalized spacial score (nSPS) is 27.0. The third-order valence-corrected chi connectivity index (χ3v) is 6.59. The maximum absolute atomic E-state index is 12.3. The SMILES string of the molecule is CCCC12CC(O)C(=O)C=C1c1c(ccc(Cl)c1Cl)C2CC(=N)N(C)C. The number of benzene rings is 1. The topological polar surface area (TPSA) is 64.4 Å². The van der Waals surface area contributed by atoms with Crippen LogP contribution in [0, 0.1) is 10.8 Å². The Morgan fingerprint density at radius 2 is 2.08 bits per heavy atom. The van der Waals surface area contributed by atoms with Gasteiger partial charge in [0, 0.05) is 37.4 Å². The quantitative estimate of drug-likeness (QED) is 0.582. The number of aliphatic hydroxyl groups excluding tert-OH is 1. The minimum absolute atomic E-state index is 0.0175. The van der Waals surface area contributed by atoms with Crippen LogP contribution in [0.4, 0.5) is 0 Å². The second-order valence-electron chi connectivity index (χ2n) is 7.51. The van der Waals surface area contributed by atoms with Crippen molar-refractivity contribution in [3.05, 3.63) is 39.4 Å². The molecule has 0 heterocycles. The first-order chi connectivity index (χ1) is 12.2. The molecule has 0 spiro atoms. The van der Waals surface area contributed by atoms with E-state index in [2.05, 4.69) is 6.92 Å². The molecule has 2 N–H and O–H groups in total. The molecule has 26 heavy (non-hydrogen) atoms. The zero-order chi connectivity index (χ0) is 19.2. The predicted molar refractivity (Wildman–Crippen MR) is 106 cm³/mol. The van der Waals surface area contributed by atoms with Crippen LogP contribution in [0.3, 0.4) is 0 Å². The van der Waals surface area contributed by atoms with E-state index in [-0.39, 0.29) is 11.7 Å². The first-order valence-electron chi connectivity index (χ1n) is 8.90. The van der Waals surface area contributed by atoms with E-state index in [9.17, 15) is 9.90 Å². The third kappa shape index (κ3) is 2.88. The molecule has 3 rings (SSSR count). The number of hydrogen-bond acceptors (Lipinski definition) is 3. The van der Waals surface area contributed by atoms with Crippen LogP contribution in [0.1, 0.15) is 49.7 Å². The lowest BCUT2D eigenvalue weighted by Gasteiger charge is -2.41. The van der Waals surface area contributed by atoms with Gasteiger partial charge in [0.05, 0.1) is 15.9 Å². The lowest BCUT2D eigenvalue weighted by atomic mass is 9.63. The number of fused-ring (bicyclic) bond motifs is 3. The first-order valence-corrected chi connectivity index (χ1v) is 9.65. The summed E-state index contributed by atoms with van der Waals surface area (Å²) in [6.45, 7) is 2.10. The maximum atomic E-state index is 12.3. The largest absolute Gasteiger partial charge is 0.385 e. The zero-order valence-corrected chi connectivity index (χ0v) is 16.8. The van der Waals surface area contributed by atoms with Crippen molar-refractivity contribution in [2.75, 3.05) is 14.1 Å². The number of hydrogen-bond donors (Lipinski definition) is 2. The summed E-state index contributed by atoms with van der Waals surface area (Å²) in [4.78, 5) is 14.1. The summed E-state index contributed by atoms with van der Waals surface area (Å²) in [5, 5.41) is 19.7. The molecule has 0 fully saturated rings. The highest BCUT2D eigenvalue weighted by Crippen LogP contribution is 2.64. The summed E-state index contributed by atoms with van der Waals surface area (Å²) in [6, 6.07) is 3.75. The fourth-order valence-electron chi connectivity index (χ4n) is 4.55. The predicted octanol–water partition coefficient (Wildman–Crippen LogP) is 4.52. The minimum Gasteiger partial charge on any atom is -0.385 e. The van der Waals surface area contributed by atoms with Crippen LogP contribution >= 0.6 is 23.2 Å². The van der Waals surface area contributed by atoms with Crippen molar-refractivity contribution in [1.29, 1.82) is 5.41 Å². The van der Waals surface area contributed by atoms with Gasteiger partial charge < -0.3 is 10.0 Å². The van der Waals surface area contributed by atoms with Gasteiger partial charge in [0.25, 0.3) is 0 Å². The van der Waals surface area contributed by atoms with Gasteiger partial charge in [0.2, 0.25) is 0 Å². The Bertz CT molecular complexity index is 803. The van der Waals surface area contributed by atoms with Gasteiger partial charge in [-0.1, -0.05) is 42.6 Å². The molecule has 3 unspecified atom stereocenters. The maximum Gasteiger partial charge on any atom is 0.184 e. The monoisotopic (exact) mass is 394 g/mol. The van der Waals surface area contributed by atoms with Gasteiger partial charge in [0.1, 0.15) is 6.10 Å². The van der Waals surface area contributed by atoms with Crippen molar-refractivity contribution in [3.8, 4) is 0 Å². The molecule has 4 nitrogen and oxygen atoms in total. The molecule has 0 saturated carbocycles. The Hall–Kier alpha value is -1.36. The van der Waals surface area contributed by atoms with E-state index in [4.69, 9.17) is 28.6 Å². The number of rotatable bonds is 4. The average Bonchev–Trinajstić information content (AvgIpc) is 2.82. The Balaban J connectivity index is 2.25. The summed E-state index contributed by atoms with van der Waals surface area (Å²) in [7, 11) is 3.71. The van der Waals surface area contributed by atoms with Gasteiger partial charge >= 0.3 is 0 Å². The number of nitrogens with one attached hydrogen (secondary N) is 1. The van der Waals surface area contributed by atoms with E-state index >= 15 is 0 Å². The van der Waals surface area contributed by atoms with Gasteiger partial charge in [0.15, 0.2) is 5.78 Å². The number of aliphatic hydroxyl groups is 1. The van der Waals surface area contributed by atoms with Gasteiger partial charge in [-0.15, -0.1) is 0 Å². The van der Waals surface area contributed by atoms with Crippen LogP contribution in [0.2, 0.25) is 10.0 Å². The third-order valence-electron chi connectivity index (χ3n) is 5.78. The molecule has 1 aromatic rings. The number of amidine groups is 1. The van der Waals surface area contributed by atoms with E-state index in [1.54, 1.807) is 17.0 Å². The van der Waals surface area contributed by atoms with Gasteiger partial charge in [-0.05, 0) is 36.1 Å². The summed E-state index contributed by atoms with van der Waals surface area (Å²) in [6.07, 6.45) is 3.16. The Labute approximate surface area is 164 Å². The molecule has 0 aliphatic heterocycles. The van der Waals surface area contributed by atoms with Crippen LogP contribution in [0.5, 0.6) is 0 Å². The number of halogens is 2. The number of nitrogens with zero attached hydrogens (tertiary/aromatic N) is 1. The standard InChI is InChI=1S/C20H24Cl2N2O2/c1-4-7-20-10-16(26)15(25)8-13(20)18-11(5-6-14(21)19(18)22)12(20)9-17(23)24(2)3/h5-6,8,12,16,23,26H,4,7,9-10H2,1-3H3. The second kappa shape index (κ2) is 6.99. The first kappa shape index (κ1) is 19.4. The summed E-state index contributed by atoms with van der Waals surface area (Å²) in [5.41, 5.74) is 2.33. The molecule has 6 heteroatoms. The lowest BCUT2D eigenvalue weighted by Crippen LogP contribution is -2.39. The summed E-state index contributed by atoms with van der Waals surface area (Å²) in [5.74, 6) is 0.211. The molecule has 140 valence electrons. The molecule has 1 aromatic carbocycles. The van der Waals surface area contributed by atoms with Crippen molar-refractivity contribution >= 4 is 40.4 Å².